The predicted octanol–water partition coefficient (Wildman–Crippen LogP) is 0.368. The van der Waals surface area contributed by atoms with E-state index in [9.17, 15) is 8.42 Å². The summed E-state index contributed by atoms with van der Waals surface area (Å²) in [6.45, 7) is 5.11. The van der Waals surface area contributed by atoms with Crippen LogP contribution in [0, 0.1) is 11.3 Å². The van der Waals surface area contributed by atoms with E-state index in [-0.39, 0.29) is 5.75 Å². The fraction of sp³-hybridized carbons (Fsp3) is 0.562. The summed E-state index contributed by atoms with van der Waals surface area (Å²) in [4.78, 5) is 2.39. The molecule has 2 aliphatic heterocycles. The molecule has 0 radical (unpaired) electrons. The van der Waals surface area contributed by atoms with Crippen molar-refractivity contribution in [1.29, 1.82) is 5.26 Å². The predicted molar refractivity (Wildman–Crippen MR) is 88.2 cm³/mol. The number of benzene rings is 1. The minimum atomic E-state index is -3.33. The lowest BCUT2D eigenvalue weighted by Gasteiger charge is -2.32. The number of sulfonamides is 1. The quantitative estimate of drug-likeness (QED) is 0.861. The number of nitrogens with zero attached hydrogens (tertiary/aromatic N) is 3. The van der Waals surface area contributed by atoms with Crippen molar-refractivity contribution in [3.05, 3.63) is 35.4 Å². The molecule has 7 heteroatoms. The van der Waals surface area contributed by atoms with E-state index in [0.717, 1.165) is 32.6 Å². The van der Waals surface area contributed by atoms with Gasteiger partial charge in [-0.3, -0.25) is 4.90 Å². The van der Waals surface area contributed by atoms with Gasteiger partial charge in [0.15, 0.2) is 0 Å². The van der Waals surface area contributed by atoms with E-state index in [1.54, 1.807) is 28.6 Å². The average Bonchev–Trinajstić information content (AvgIpc) is 3.06. The molecule has 0 aromatic heterocycles. The van der Waals surface area contributed by atoms with Gasteiger partial charge in [-0.05, 0) is 24.1 Å². The molecule has 3 rings (SSSR count). The van der Waals surface area contributed by atoms with Crippen molar-refractivity contribution in [2.45, 2.75) is 18.2 Å². The molecule has 0 aliphatic carbocycles. The lowest BCUT2D eigenvalue weighted by atomic mass is 10.2. The average molecular weight is 334 g/mol. The number of nitriles is 1. The molecule has 2 heterocycles. The van der Waals surface area contributed by atoms with Crippen molar-refractivity contribution < 1.29 is 8.42 Å². The van der Waals surface area contributed by atoms with Gasteiger partial charge >= 0.3 is 0 Å². The number of rotatable bonds is 4. The fourth-order valence-corrected chi connectivity index (χ4v) is 4.91. The minimum Gasteiger partial charge on any atom is -0.314 e. The zero-order valence-electron chi connectivity index (χ0n) is 13.1. The molecule has 2 fully saturated rings. The van der Waals surface area contributed by atoms with Gasteiger partial charge in [0, 0.05) is 45.3 Å². The molecule has 1 aromatic carbocycles. The van der Waals surface area contributed by atoms with E-state index in [1.807, 2.05) is 0 Å². The van der Waals surface area contributed by atoms with Gasteiger partial charge in [-0.1, -0.05) is 12.1 Å². The van der Waals surface area contributed by atoms with Crippen LogP contribution >= 0.6 is 0 Å². The minimum absolute atomic E-state index is 0.0310. The first-order valence-electron chi connectivity index (χ1n) is 8.00. The van der Waals surface area contributed by atoms with Gasteiger partial charge in [-0.25, -0.2) is 12.7 Å². The summed E-state index contributed by atoms with van der Waals surface area (Å²) in [6, 6.07) is 9.22. The highest BCUT2D eigenvalue weighted by molar-refractivity contribution is 7.88. The Kier molecular flexibility index (Phi) is 4.97. The summed E-state index contributed by atoms with van der Waals surface area (Å²) in [5, 5.41) is 12.3. The Bertz CT molecular complexity index is 692. The van der Waals surface area contributed by atoms with Crippen LogP contribution in [-0.4, -0.2) is 62.9 Å². The maximum absolute atomic E-state index is 12.6. The molecule has 1 aromatic rings. The van der Waals surface area contributed by atoms with Gasteiger partial charge in [-0.15, -0.1) is 0 Å². The zero-order chi connectivity index (χ0) is 16.3. The van der Waals surface area contributed by atoms with Gasteiger partial charge in [0.2, 0.25) is 10.0 Å². The molecular weight excluding hydrogens is 312 g/mol. The van der Waals surface area contributed by atoms with Crippen LogP contribution in [0.3, 0.4) is 0 Å². The van der Waals surface area contributed by atoms with Gasteiger partial charge in [0.05, 0.1) is 17.4 Å². The van der Waals surface area contributed by atoms with Gasteiger partial charge in [-0.2, -0.15) is 5.26 Å². The molecule has 0 bridgehead atoms. The van der Waals surface area contributed by atoms with Crippen LogP contribution in [0.1, 0.15) is 17.5 Å². The Morgan fingerprint density at radius 1 is 1.26 bits per heavy atom. The van der Waals surface area contributed by atoms with E-state index >= 15 is 0 Å². The standard InChI is InChI=1S/C16H22N4O2S/c17-11-14-2-1-3-15(10-14)13-23(21,22)20-7-4-16(12-20)19-8-5-18-6-9-19/h1-3,10,16,18H,4-9,12-13H2. The summed E-state index contributed by atoms with van der Waals surface area (Å²) < 4.78 is 26.9. The second-order valence-corrected chi connectivity index (χ2v) is 8.12. The van der Waals surface area contributed by atoms with Crippen molar-refractivity contribution in [2.75, 3.05) is 39.3 Å². The van der Waals surface area contributed by atoms with Crippen LogP contribution in [0.2, 0.25) is 0 Å². The van der Waals surface area contributed by atoms with Crippen LogP contribution in [-0.2, 0) is 15.8 Å². The third-order valence-electron chi connectivity index (χ3n) is 4.59. The third-order valence-corrected chi connectivity index (χ3v) is 6.41. The van der Waals surface area contributed by atoms with E-state index < -0.39 is 10.0 Å². The van der Waals surface area contributed by atoms with Crippen LogP contribution < -0.4 is 5.32 Å². The Balaban J connectivity index is 1.65. The van der Waals surface area contributed by atoms with E-state index in [1.165, 1.54) is 0 Å². The molecule has 124 valence electrons. The number of nitrogens with one attached hydrogen (secondary N) is 1. The van der Waals surface area contributed by atoms with Gasteiger partial charge in [0.25, 0.3) is 0 Å². The van der Waals surface area contributed by atoms with Crippen LogP contribution in [0.5, 0.6) is 0 Å². The number of piperazine rings is 1. The Morgan fingerprint density at radius 3 is 2.78 bits per heavy atom. The molecule has 23 heavy (non-hydrogen) atoms. The first kappa shape index (κ1) is 16.4. The summed E-state index contributed by atoms with van der Waals surface area (Å²) in [7, 11) is -3.33. The molecule has 2 saturated heterocycles. The summed E-state index contributed by atoms with van der Waals surface area (Å²) in [5.41, 5.74) is 1.17. The van der Waals surface area contributed by atoms with Crippen molar-refractivity contribution in [3.63, 3.8) is 0 Å². The van der Waals surface area contributed by atoms with E-state index in [2.05, 4.69) is 16.3 Å². The smallest absolute Gasteiger partial charge is 0.218 e. The molecule has 1 unspecified atom stereocenters. The van der Waals surface area contributed by atoms with Crippen LogP contribution in [0.25, 0.3) is 0 Å². The van der Waals surface area contributed by atoms with Crippen molar-refractivity contribution >= 4 is 10.0 Å². The highest BCUT2D eigenvalue weighted by Crippen LogP contribution is 2.21. The van der Waals surface area contributed by atoms with E-state index in [0.29, 0.717) is 30.3 Å². The van der Waals surface area contributed by atoms with Gasteiger partial charge in [0.1, 0.15) is 0 Å². The van der Waals surface area contributed by atoms with Crippen LogP contribution in [0.15, 0.2) is 24.3 Å². The van der Waals surface area contributed by atoms with Crippen LogP contribution in [0.4, 0.5) is 0 Å². The molecule has 1 atom stereocenters. The van der Waals surface area contributed by atoms with E-state index in [4.69, 9.17) is 5.26 Å². The lowest BCUT2D eigenvalue weighted by molar-refractivity contribution is 0.179. The lowest BCUT2D eigenvalue weighted by Crippen LogP contribution is -2.49. The summed E-state index contributed by atoms with van der Waals surface area (Å²) >= 11 is 0. The molecular formula is C16H22N4O2S. The molecule has 0 spiro atoms. The highest BCUT2D eigenvalue weighted by Gasteiger charge is 2.34. The second-order valence-electron chi connectivity index (χ2n) is 6.15. The first-order valence-corrected chi connectivity index (χ1v) is 9.61. The molecule has 6 nitrogen and oxygen atoms in total. The summed E-state index contributed by atoms with van der Waals surface area (Å²) in [5.74, 6) is -0.0310. The maximum Gasteiger partial charge on any atom is 0.218 e. The SMILES string of the molecule is N#Cc1cccc(CS(=O)(=O)N2CCC(N3CCNCC3)C2)c1. The molecule has 0 amide bonds. The topological polar surface area (TPSA) is 76.4 Å². The molecule has 1 N–H and O–H groups in total. The largest absolute Gasteiger partial charge is 0.314 e. The molecule has 0 saturated carbocycles. The van der Waals surface area contributed by atoms with Gasteiger partial charge < -0.3 is 5.32 Å². The first-order chi connectivity index (χ1) is 11.1. The third kappa shape index (κ3) is 3.90. The fourth-order valence-electron chi connectivity index (χ4n) is 3.34. The second kappa shape index (κ2) is 6.97. The number of hydrogen-bond acceptors (Lipinski definition) is 5. The van der Waals surface area contributed by atoms with Crippen molar-refractivity contribution in [3.8, 4) is 6.07 Å². The normalized spacial score (nSPS) is 23.7. The highest BCUT2D eigenvalue weighted by atomic mass is 32.2. The summed E-state index contributed by atoms with van der Waals surface area (Å²) in [6.07, 6.45) is 0.900. The van der Waals surface area contributed by atoms with Crippen molar-refractivity contribution in [1.82, 2.24) is 14.5 Å². The molecule has 2 aliphatic rings. The monoisotopic (exact) mass is 334 g/mol. The maximum atomic E-state index is 12.6. The Hall–Kier alpha value is -1.46. The van der Waals surface area contributed by atoms with Crippen molar-refractivity contribution in [2.24, 2.45) is 0 Å². The Labute approximate surface area is 137 Å². The Morgan fingerprint density at radius 2 is 2.04 bits per heavy atom. The number of hydrogen-bond donors (Lipinski definition) is 1. The zero-order valence-corrected chi connectivity index (χ0v) is 13.9.